The number of nitrogen functional groups attached to an aromatic ring is 1. The largest absolute Gasteiger partial charge is 0.327 e. The van der Waals surface area contributed by atoms with Crippen LogP contribution in [-0.2, 0) is 6.54 Å². The Balaban J connectivity index is 2.29. The monoisotopic (exact) mass is 232 g/mol. The van der Waals surface area contributed by atoms with Gasteiger partial charge in [0.15, 0.2) is 5.82 Å². The van der Waals surface area contributed by atoms with E-state index >= 15 is 0 Å². The molecular formula is C11H16N6. The molecule has 0 unspecified atom stereocenters. The van der Waals surface area contributed by atoms with Crippen LogP contribution in [0.15, 0.2) is 12.4 Å². The van der Waals surface area contributed by atoms with Gasteiger partial charge in [0.2, 0.25) is 0 Å². The van der Waals surface area contributed by atoms with Crippen LogP contribution in [0, 0.1) is 20.8 Å². The Morgan fingerprint density at radius 2 is 2.06 bits per heavy atom. The van der Waals surface area contributed by atoms with Gasteiger partial charge in [-0.05, 0) is 20.8 Å². The van der Waals surface area contributed by atoms with Crippen molar-refractivity contribution in [1.29, 1.82) is 0 Å². The van der Waals surface area contributed by atoms with Gasteiger partial charge in [0.25, 0.3) is 0 Å². The van der Waals surface area contributed by atoms with Crippen LogP contribution in [0.3, 0.4) is 0 Å². The lowest BCUT2D eigenvalue weighted by molar-refractivity contribution is 0.718. The first-order chi connectivity index (χ1) is 8.10. The summed E-state index contributed by atoms with van der Waals surface area (Å²) in [6.07, 6.45) is 1.80. The van der Waals surface area contributed by atoms with E-state index < -0.39 is 0 Å². The van der Waals surface area contributed by atoms with Crippen molar-refractivity contribution < 1.29 is 0 Å². The third-order valence-corrected chi connectivity index (χ3v) is 2.71. The first-order valence-corrected chi connectivity index (χ1v) is 5.39. The molecule has 0 bridgehead atoms. The first kappa shape index (κ1) is 11.5. The molecule has 2 heterocycles. The molecule has 0 aromatic carbocycles. The maximum atomic E-state index is 5.36. The molecule has 3 N–H and O–H groups in total. The molecule has 0 radical (unpaired) electrons. The molecule has 0 spiro atoms. The molecule has 90 valence electrons. The lowest BCUT2D eigenvalue weighted by Crippen LogP contribution is -2.12. The maximum absolute atomic E-state index is 5.36. The van der Waals surface area contributed by atoms with Crippen LogP contribution >= 0.6 is 0 Å². The number of nitrogens with two attached hydrogens (primary N) is 1. The van der Waals surface area contributed by atoms with Gasteiger partial charge in [-0.3, -0.25) is 0 Å². The standard InChI is InChI=1S/C11H16N6/c1-7-4-10(16-12)15-11(14-7)5-17-6-13-8(2)9(17)3/h4,6H,5,12H2,1-3H3,(H,14,15,16). The molecule has 0 atom stereocenters. The van der Waals surface area contributed by atoms with Crippen molar-refractivity contribution in [2.45, 2.75) is 27.3 Å². The summed E-state index contributed by atoms with van der Waals surface area (Å²) in [5.41, 5.74) is 5.57. The summed E-state index contributed by atoms with van der Waals surface area (Å²) < 4.78 is 2.02. The van der Waals surface area contributed by atoms with E-state index in [-0.39, 0.29) is 0 Å². The van der Waals surface area contributed by atoms with Crippen molar-refractivity contribution in [3.8, 4) is 0 Å². The summed E-state index contributed by atoms with van der Waals surface area (Å²) in [4.78, 5) is 12.9. The highest BCUT2D eigenvalue weighted by Gasteiger charge is 2.06. The fraction of sp³-hybridized carbons (Fsp3) is 0.364. The topological polar surface area (TPSA) is 81.6 Å². The third kappa shape index (κ3) is 2.42. The average molecular weight is 232 g/mol. The van der Waals surface area contributed by atoms with E-state index in [1.54, 1.807) is 12.4 Å². The van der Waals surface area contributed by atoms with E-state index in [0.717, 1.165) is 22.9 Å². The second kappa shape index (κ2) is 4.50. The number of imidazole rings is 1. The number of nitrogens with one attached hydrogen (secondary N) is 1. The predicted molar refractivity (Wildman–Crippen MR) is 65.4 cm³/mol. The molecule has 2 aromatic rings. The maximum Gasteiger partial charge on any atom is 0.150 e. The summed E-state index contributed by atoms with van der Waals surface area (Å²) in [6, 6.07) is 1.80. The minimum atomic E-state index is 0.600. The molecule has 17 heavy (non-hydrogen) atoms. The highest BCUT2D eigenvalue weighted by Crippen LogP contribution is 2.09. The number of rotatable bonds is 3. The van der Waals surface area contributed by atoms with Gasteiger partial charge < -0.3 is 9.99 Å². The Kier molecular flexibility index (Phi) is 3.06. The Hall–Kier alpha value is -1.95. The lowest BCUT2D eigenvalue weighted by Gasteiger charge is -2.07. The van der Waals surface area contributed by atoms with E-state index in [1.165, 1.54) is 0 Å². The van der Waals surface area contributed by atoms with E-state index in [0.29, 0.717) is 12.4 Å². The molecule has 0 fully saturated rings. The van der Waals surface area contributed by atoms with Gasteiger partial charge in [0, 0.05) is 17.5 Å². The quantitative estimate of drug-likeness (QED) is 0.607. The van der Waals surface area contributed by atoms with E-state index in [1.807, 2.05) is 25.3 Å². The summed E-state index contributed by atoms with van der Waals surface area (Å²) in [7, 11) is 0. The van der Waals surface area contributed by atoms with E-state index in [2.05, 4.69) is 20.4 Å². The molecular weight excluding hydrogens is 216 g/mol. The number of aromatic nitrogens is 4. The summed E-state index contributed by atoms with van der Waals surface area (Å²) in [5.74, 6) is 6.70. The van der Waals surface area contributed by atoms with Crippen molar-refractivity contribution in [2.75, 3.05) is 5.43 Å². The van der Waals surface area contributed by atoms with Crippen LogP contribution in [0.1, 0.15) is 22.9 Å². The van der Waals surface area contributed by atoms with Crippen LogP contribution in [0.5, 0.6) is 0 Å². The van der Waals surface area contributed by atoms with Gasteiger partial charge >= 0.3 is 0 Å². The summed E-state index contributed by atoms with van der Waals surface area (Å²) in [6.45, 7) is 6.52. The summed E-state index contributed by atoms with van der Waals surface area (Å²) in [5, 5.41) is 0. The predicted octanol–water partition coefficient (Wildman–Crippen LogP) is 0.932. The number of nitrogens with zero attached hydrogens (tertiary/aromatic N) is 4. The number of anilines is 1. The molecule has 6 heteroatoms. The molecule has 6 nitrogen and oxygen atoms in total. The van der Waals surface area contributed by atoms with Crippen LogP contribution in [0.2, 0.25) is 0 Å². The second-order valence-corrected chi connectivity index (χ2v) is 4.00. The SMILES string of the molecule is Cc1cc(NN)nc(Cn2cnc(C)c2C)n1. The Bertz CT molecular complexity index is 531. The first-order valence-electron chi connectivity index (χ1n) is 5.39. The zero-order valence-electron chi connectivity index (χ0n) is 10.2. The van der Waals surface area contributed by atoms with Crippen LogP contribution in [-0.4, -0.2) is 19.5 Å². The molecule has 2 rings (SSSR count). The molecule has 0 aliphatic rings. The van der Waals surface area contributed by atoms with Crippen molar-refractivity contribution in [2.24, 2.45) is 5.84 Å². The highest BCUT2D eigenvalue weighted by atomic mass is 15.3. The number of hydrogen-bond donors (Lipinski definition) is 2. The van der Waals surface area contributed by atoms with Crippen molar-refractivity contribution in [3.63, 3.8) is 0 Å². The number of hydrazine groups is 1. The lowest BCUT2D eigenvalue weighted by atomic mass is 10.3. The van der Waals surface area contributed by atoms with Crippen LogP contribution < -0.4 is 11.3 Å². The van der Waals surface area contributed by atoms with Crippen LogP contribution in [0.25, 0.3) is 0 Å². The molecule has 0 aliphatic heterocycles. The van der Waals surface area contributed by atoms with E-state index in [9.17, 15) is 0 Å². The second-order valence-electron chi connectivity index (χ2n) is 4.00. The number of hydrogen-bond acceptors (Lipinski definition) is 5. The van der Waals surface area contributed by atoms with Crippen molar-refractivity contribution >= 4 is 5.82 Å². The number of aryl methyl sites for hydroxylation is 2. The smallest absolute Gasteiger partial charge is 0.150 e. The zero-order valence-corrected chi connectivity index (χ0v) is 10.2. The van der Waals surface area contributed by atoms with Gasteiger partial charge in [0.1, 0.15) is 5.82 Å². The molecule has 0 saturated heterocycles. The highest BCUT2D eigenvalue weighted by molar-refractivity contribution is 5.34. The third-order valence-electron chi connectivity index (χ3n) is 2.71. The Morgan fingerprint density at radius 1 is 1.29 bits per heavy atom. The van der Waals surface area contributed by atoms with Crippen LogP contribution in [0.4, 0.5) is 5.82 Å². The minimum absolute atomic E-state index is 0.600. The minimum Gasteiger partial charge on any atom is -0.327 e. The van der Waals surface area contributed by atoms with Gasteiger partial charge in [-0.2, -0.15) is 0 Å². The van der Waals surface area contributed by atoms with Gasteiger partial charge in [-0.15, -0.1) is 0 Å². The Labute approximate surface area is 99.9 Å². The molecule has 0 amide bonds. The average Bonchev–Trinajstić information content (AvgIpc) is 2.60. The van der Waals surface area contributed by atoms with Crippen molar-refractivity contribution in [3.05, 3.63) is 35.3 Å². The van der Waals surface area contributed by atoms with E-state index in [4.69, 9.17) is 5.84 Å². The molecule has 0 aliphatic carbocycles. The van der Waals surface area contributed by atoms with Crippen molar-refractivity contribution in [1.82, 2.24) is 19.5 Å². The fourth-order valence-corrected chi connectivity index (χ4v) is 1.63. The van der Waals surface area contributed by atoms with Gasteiger partial charge in [-0.1, -0.05) is 0 Å². The van der Waals surface area contributed by atoms with Gasteiger partial charge in [-0.25, -0.2) is 20.8 Å². The zero-order chi connectivity index (χ0) is 12.4. The van der Waals surface area contributed by atoms with Gasteiger partial charge in [0.05, 0.1) is 18.6 Å². The normalized spacial score (nSPS) is 10.6. The molecule has 2 aromatic heterocycles. The molecule has 0 saturated carbocycles. The summed E-state index contributed by atoms with van der Waals surface area (Å²) >= 11 is 0. The fourth-order valence-electron chi connectivity index (χ4n) is 1.63. The Morgan fingerprint density at radius 3 is 2.65 bits per heavy atom.